The first-order valence-electron chi connectivity index (χ1n) is 7.04. The summed E-state index contributed by atoms with van der Waals surface area (Å²) in [5.74, 6) is -0.308. The van der Waals surface area contributed by atoms with E-state index in [1.807, 2.05) is 30.3 Å². The Balaban J connectivity index is 1.72. The molecule has 1 aliphatic rings. The number of hydrogen-bond donors (Lipinski definition) is 2. The maximum absolute atomic E-state index is 10.9. The number of halogens is 1. The quantitative estimate of drug-likeness (QED) is 0.908. The topological polar surface area (TPSA) is 55.1 Å². The summed E-state index contributed by atoms with van der Waals surface area (Å²) in [4.78, 5) is 10.9. The smallest absolute Gasteiger partial charge is 0.221 e. The van der Waals surface area contributed by atoms with Crippen LogP contribution in [0.2, 0.25) is 5.02 Å². The van der Waals surface area contributed by atoms with Crippen molar-refractivity contribution in [2.75, 3.05) is 5.32 Å². The highest BCUT2D eigenvalue weighted by molar-refractivity contribution is 6.30. The van der Waals surface area contributed by atoms with Gasteiger partial charge in [0, 0.05) is 10.7 Å². The van der Waals surface area contributed by atoms with Gasteiger partial charge in [-0.2, -0.15) is 0 Å². The van der Waals surface area contributed by atoms with E-state index in [4.69, 9.17) is 17.3 Å². The van der Waals surface area contributed by atoms with Crippen molar-refractivity contribution in [1.29, 1.82) is 0 Å². The highest BCUT2D eigenvalue weighted by Crippen LogP contribution is 2.35. The zero-order valence-electron chi connectivity index (χ0n) is 11.6. The Morgan fingerprint density at radius 2 is 2.00 bits per heavy atom. The number of carbonyl (C=O) groups is 1. The maximum atomic E-state index is 10.9. The van der Waals surface area contributed by atoms with Crippen molar-refractivity contribution >= 4 is 23.2 Å². The number of hydrogen-bond acceptors (Lipinski definition) is 2. The lowest BCUT2D eigenvalue weighted by Crippen LogP contribution is -2.13. The van der Waals surface area contributed by atoms with Gasteiger partial charge in [0.15, 0.2) is 0 Å². The van der Waals surface area contributed by atoms with Gasteiger partial charge in [-0.05, 0) is 53.8 Å². The highest BCUT2D eigenvalue weighted by Gasteiger charge is 2.22. The summed E-state index contributed by atoms with van der Waals surface area (Å²) in [6.45, 7) is 0. The predicted molar refractivity (Wildman–Crippen MR) is 85.5 cm³/mol. The van der Waals surface area contributed by atoms with Crippen molar-refractivity contribution < 1.29 is 4.79 Å². The number of carbonyl (C=O) groups excluding carboxylic acids is 1. The molecule has 0 aliphatic heterocycles. The largest absolute Gasteiger partial charge is 0.378 e. The normalized spacial score (nSPS) is 16.5. The lowest BCUT2D eigenvalue weighted by molar-refractivity contribution is -0.117. The Morgan fingerprint density at radius 1 is 1.24 bits per heavy atom. The first-order valence-corrected chi connectivity index (χ1v) is 7.42. The fourth-order valence-electron chi connectivity index (χ4n) is 2.86. The molecule has 4 heteroatoms. The molecule has 3 nitrogen and oxygen atoms in total. The van der Waals surface area contributed by atoms with Crippen molar-refractivity contribution in [3.63, 3.8) is 0 Å². The van der Waals surface area contributed by atoms with E-state index < -0.39 is 0 Å². The molecular formula is C17H17ClN2O. The SMILES string of the molecule is NC(=O)Cc1ccc(NC2CCc3cc(Cl)ccc32)cc1. The number of aryl methyl sites for hydroxylation is 1. The van der Waals surface area contributed by atoms with E-state index in [0.717, 1.165) is 29.1 Å². The highest BCUT2D eigenvalue weighted by atomic mass is 35.5. The summed E-state index contributed by atoms with van der Waals surface area (Å²) in [6, 6.07) is 14.3. The fraction of sp³-hybridized carbons (Fsp3) is 0.235. The summed E-state index contributed by atoms with van der Waals surface area (Å²) in [7, 11) is 0. The summed E-state index contributed by atoms with van der Waals surface area (Å²) in [5.41, 5.74) is 9.83. The van der Waals surface area contributed by atoms with E-state index in [-0.39, 0.29) is 12.3 Å². The standard InChI is InChI=1S/C17H17ClN2O/c18-13-4-7-15-12(10-13)3-8-16(15)20-14-5-1-11(2-6-14)9-17(19)21/h1-2,4-7,10,16,20H,3,8-9H2,(H2,19,21). The molecule has 0 heterocycles. The number of nitrogens with two attached hydrogens (primary N) is 1. The number of benzene rings is 2. The van der Waals surface area contributed by atoms with E-state index in [1.54, 1.807) is 0 Å². The van der Waals surface area contributed by atoms with Gasteiger partial charge in [-0.15, -0.1) is 0 Å². The number of anilines is 1. The van der Waals surface area contributed by atoms with E-state index in [2.05, 4.69) is 17.4 Å². The number of amides is 1. The maximum Gasteiger partial charge on any atom is 0.221 e. The van der Waals surface area contributed by atoms with Gasteiger partial charge in [0.25, 0.3) is 0 Å². The molecule has 2 aromatic rings. The molecule has 1 amide bonds. The first-order chi connectivity index (χ1) is 10.1. The van der Waals surface area contributed by atoms with Gasteiger partial charge >= 0.3 is 0 Å². The number of fused-ring (bicyclic) bond motifs is 1. The lowest BCUT2D eigenvalue weighted by atomic mass is 10.1. The Kier molecular flexibility index (Phi) is 3.84. The molecule has 0 spiro atoms. The molecule has 0 saturated heterocycles. The third-order valence-electron chi connectivity index (χ3n) is 3.86. The van der Waals surface area contributed by atoms with Gasteiger partial charge < -0.3 is 11.1 Å². The zero-order valence-corrected chi connectivity index (χ0v) is 12.4. The zero-order chi connectivity index (χ0) is 14.8. The van der Waals surface area contributed by atoms with Crippen LogP contribution in [0.3, 0.4) is 0 Å². The van der Waals surface area contributed by atoms with Gasteiger partial charge in [-0.3, -0.25) is 4.79 Å². The molecule has 0 radical (unpaired) electrons. The predicted octanol–water partition coefficient (Wildman–Crippen LogP) is 3.47. The molecule has 108 valence electrons. The third kappa shape index (κ3) is 3.19. The van der Waals surface area contributed by atoms with Crippen molar-refractivity contribution in [1.82, 2.24) is 0 Å². The average molecular weight is 301 g/mol. The van der Waals surface area contributed by atoms with Gasteiger partial charge in [0.05, 0.1) is 12.5 Å². The molecule has 3 N–H and O–H groups in total. The van der Waals surface area contributed by atoms with Crippen molar-refractivity contribution in [2.24, 2.45) is 5.73 Å². The summed E-state index contributed by atoms with van der Waals surface area (Å²) in [6.07, 6.45) is 2.40. The number of nitrogens with one attached hydrogen (secondary N) is 1. The van der Waals surface area contributed by atoms with Crippen molar-refractivity contribution in [3.8, 4) is 0 Å². The molecular weight excluding hydrogens is 284 g/mol. The van der Waals surface area contributed by atoms with Gasteiger partial charge in [-0.25, -0.2) is 0 Å². The van der Waals surface area contributed by atoms with Crippen LogP contribution in [-0.2, 0) is 17.6 Å². The minimum atomic E-state index is -0.308. The molecule has 0 fully saturated rings. The fourth-order valence-corrected chi connectivity index (χ4v) is 3.05. The van der Waals surface area contributed by atoms with Gasteiger partial charge in [0.1, 0.15) is 0 Å². The van der Waals surface area contributed by atoms with Crippen LogP contribution in [0.25, 0.3) is 0 Å². The minimum Gasteiger partial charge on any atom is -0.378 e. The van der Waals surface area contributed by atoms with E-state index >= 15 is 0 Å². The molecule has 0 aromatic heterocycles. The van der Waals surface area contributed by atoms with Crippen LogP contribution >= 0.6 is 11.6 Å². The second kappa shape index (κ2) is 5.78. The van der Waals surface area contributed by atoms with Crippen LogP contribution in [-0.4, -0.2) is 5.91 Å². The lowest BCUT2D eigenvalue weighted by Gasteiger charge is -2.16. The summed E-state index contributed by atoms with van der Waals surface area (Å²) < 4.78 is 0. The molecule has 0 saturated carbocycles. The molecule has 1 unspecified atom stereocenters. The molecule has 2 aromatic carbocycles. The van der Waals surface area contributed by atoms with Crippen LogP contribution in [0.4, 0.5) is 5.69 Å². The minimum absolute atomic E-state index is 0.283. The van der Waals surface area contributed by atoms with E-state index in [1.165, 1.54) is 11.1 Å². The van der Waals surface area contributed by atoms with Crippen molar-refractivity contribution in [2.45, 2.75) is 25.3 Å². The van der Waals surface area contributed by atoms with Gasteiger partial charge in [-0.1, -0.05) is 29.8 Å². The Labute approximate surface area is 129 Å². The molecule has 0 bridgehead atoms. The van der Waals surface area contributed by atoms with E-state index in [0.29, 0.717) is 6.04 Å². The number of primary amides is 1. The van der Waals surface area contributed by atoms with Gasteiger partial charge in [0.2, 0.25) is 5.91 Å². The Morgan fingerprint density at radius 3 is 2.71 bits per heavy atom. The molecule has 3 rings (SSSR count). The first kappa shape index (κ1) is 14.0. The molecule has 1 atom stereocenters. The monoisotopic (exact) mass is 300 g/mol. The van der Waals surface area contributed by atoms with Crippen LogP contribution in [0, 0.1) is 0 Å². The third-order valence-corrected chi connectivity index (χ3v) is 4.09. The van der Waals surface area contributed by atoms with E-state index in [9.17, 15) is 4.79 Å². The van der Waals surface area contributed by atoms with Crippen LogP contribution < -0.4 is 11.1 Å². The summed E-state index contributed by atoms with van der Waals surface area (Å²) >= 11 is 6.03. The van der Waals surface area contributed by atoms with Crippen LogP contribution in [0.15, 0.2) is 42.5 Å². The summed E-state index contributed by atoms with van der Waals surface area (Å²) in [5, 5.41) is 4.33. The van der Waals surface area contributed by atoms with Crippen LogP contribution in [0.1, 0.15) is 29.2 Å². The van der Waals surface area contributed by atoms with Crippen LogP contribution in [0.5, 0.6) is 0 Å². The average Bonchev–Trinajstić information content (AvgIpc) is 2.83. The molecule has 1 aliphatic carbocycles. The van der Waals surface area contributed by atoms with Crippen molar-refractivity contribution in [3.05, 3.63) is 64.2 Å². The second-order valence-electron chi connectivity index (χ2n) is 5.42. The Bertz CT molecular complexity index is 667. The molecule has 21 heavy (non-hydrogen) atoms. The second-order valence-corrected chi connectivity index (χ2v) is 5.86. The Hall–Kier alpha value is -2.00. The number of rotatable bonds is 4.